The van der Waals surface area contributed by atoms with E-state index in [1.54, 1.807) is 11.1 Å². The Kier molecular flexibility index (Phi) is 9.04. The van der Waals surface area contributed by atoms with Gasteiger partial charge < -0.3 is 4.90 Å². The summed E-state index contributed by atoms with van der Waals surface area (Å²) in [4.78, 5) is 2.55. The fraction of sp³-hybridized carbons (Fsp3) is 0.175. The minimum absolute atomic E-state index is 0.575. The predicted molar refractivity (Wildman–Crippen MR) is 268 cm³/mol. The predicted octanol–water partition coefficient (Wildman–Crippen LogP) is 16.9. The third-order valence-electron chi connectivity index (χ3n) is 15.5. The molecule has 1 heteroatoms. The molecule has 308 valence electrons. The third kappa shape index (κ3) is 6.52. The van der Waals surface area contributed by atoms with E-state index in [-0.39, 0.29) is 0 Å². The summed E-state index contributed by atoms with van der Waals surface area (Å²) in [6.45, 7) is 0. The number of nitrogens with zero attached hydrogens (tertiary/aromatic N) is 1. The molecular formula is C63H51N. The van der Waals surface area contributed by atoms with Gasteiger partial charge in [0.1, 0.15) is 0 Å². The fourth-order valence-electron chi connectivity index (χ4n) is 12.7. The van der Waals surface area contributed by atoms with Crippen molar-refractivity contribution in [2.24, 2.45) is 11.8 Å². The molecule has 5 aliphatic carbocycles. The van der Waals surface area contributed by atoms with Gasteiger partial charge in [0.05, 0.1) is 0 Å². The summed E-state index contributed by atoms with van der Waals surface area (Å²) >= 11 is 0. The van der Waals surface area contributed by atoms with Crippen molar-refractivity contribution in [1.82, 2.24) is 0 Å². The maximum Gasteiger partial charge on any atom is 0.0464 e. The Morgan fingerprint density at radius 2 is 0.859 bits per heavy atom. The molecule has 64 heavy (non-hydrogen) atoms. The summed E-state index contributed by atoms with van der Waals surface area (Å²) in [6, 6.07) is 76.1. The molecule has 4 bridgehead atoms. The summed E-state index contributed by atoms with van der Waals surface area (Å²) in [5, 5.41) is 2.56. The van der Waals surface area contributed by atoms with Crippen LogP contribution in [0.3, 0.4) is 0 Å². The van der Waals surface area contributed by atoms with Crippen molar-refractivity contribution in [3.05, 3.63) is 234 Å². The number of benzene rings is 9. The Morgan fingerprint density at radius 1 is 0.312 bits per heavy atom. The first kappa shape index (κ1) is 37.6. The van der Waals surface area contributed by atoms with E-state index in [1.807, 2.05) is 0 Å². The topological polar surface area (TPSA) is 3.24 Å². The van der Waals surface area contributed by atoms with E-state index in [0.717, 1.165) is 24.7 Å². The second-order valence-corrected chi connectivity index (χ2v) is 19.3. The largest absolute Gasteiger partial charge is 0.310 e. The van der Waals surface area contributed by atoms with E-state index in [4.69, 9.17) is 0 Å². The van der Waals surface area contributed by atoms with Crippen molar-refractivity contribution in [3.8, 4) is 44.5 Å². The molecule has 9 aromatic rings. The normalized spacial score (nSPS) is 19.1. The zero-order valence-corrected chi connectivity index (χ0v) is 36.3. The minimum atomic E-state index is 0.575. The van der Waals surface area contributed by atoms with Gasteiger partial charge in [0.25, 0.3) is 0 Å². The molecule has 5 aliphatic rings. The molecule has 2 saturated carbocycles. The monoisotopic (exact) mass is 821 g/mol. The van der Waals surface area contributed by atoms with Crippen molar-refractivity contribution >= 4 is 27.8 Å². The highest BCUT2D eigenvalue weighted by Gasteiger charge is 2.40. The Hall–Kier alpha value is -6.96. The van der Waals surface area contributed by atoms with Crippen LogP contribution >= 0.6 is 0 Å². The maximum absolute atomic E-state index is 2.60. The average Bonchev–Trinajstić information content (AvgIpc) is 3.40. The molecule has 9 aromatic carbocycles. The van der Waals surface area contributed by atoms with Crippen molar-refractivity contribution in [1.29, 1.82) is 0 Å². The Balaban J connectivity index is 0.986. The van der Waals surface area contributed by atoms with Crippen molar-refractivity contribution < 1.29 is 0 Å². The number of anilines is 3. The lowest BCUT2D eigenvalue weighted by Gasteiger charge is -2.42. The lowest BCUT2D eigenvalue weighted by molar-refractivity contribution is 0.153. The first-order valence-electron chi connectivity index (χ1n) is 23.7. The summed E-state index contributed by atoms with van der Waals surface area (Å²) in [7, 11) is 0. The van der Waals surface area contributed by atoms with Crippen LogP contribution in [0.2, 0.25) is 0 Å². The van der Waals surface area contributed by atoms with E-state index < -0.39 is 0 Å². The number of rotatable bonds is 5. The Bertz CT molecular complexity index is 3210. The lowest BCUT2D eigenvalue weighted by Crippen LogP contribution is -2.29. The molecule has 0 amide bonds. The van der Waals surface area contributed by atoms with Gasteiger partial charge in [0.2, 0.25) is 0 Å². The van der Waals surface area contributed by atoms with Crippen LogP contribution in [0.5, 0.6) is 0 Å². The molecule has 0 N–H and O–H groups in total. The van der Waals surface area contributed by atoms with Gasteiger partial charge in [0, 0.05) is 17.1 Å². The second kappa shape index (κ2) is 15.4. The molecule has 0 spiro atoms. The number of hydrogen-bond acceptors (Lipinski definition) is 1. The van der Waals surface area contributed by atoms with Crippen LogP contribution in [0, 0.1) is 11.8 Å². The number of fused-ring (bicyclic) bond motifs is 5. The highest BCUT2D eigenvalue weighted by Crippen LogP contribution is 2.56. The van der Waals surface area contributed by atoms with Gasteiger partial charge in [-0.05, 0) is 194 Å². The molecule has 2 atom stereocenters. The van der Waals surface area contributed by atoms with Crippen molar-refractivity contribution in [3.63, 3.8) is 0 Å². The molecule has 2 unspecified atom stereocenters. The second-order valence-electron chi connectivity index (χ2n) is 19.3. The first-order chi connectivity index (χ1) is 31.7. The van der Waals surface area contributed by atoms with Crippen LogP contribution in [-0.4, -0.2) is 0 Å². The lowest BCUT2D eigenvalue weighted by atomic mass is 9.63. The van der Waals surface area contributed by atoms with Gasteiger partial charge in [-0.2, -0.15) is 0 Å². The van der Waals surface area contributed by atoms with E-state index in [1.165, 1.54) is 127 Å². The molecule has 0 saturated heterocycles. The Labute approximate surface area is 377 Å². The highest BCUT2D eigenvalue weighted by molar-refractivity contribution is 5.97. The van der Waals surface area contributed by atoms with Crippen LogP contribution in [0.25, 0.3) is 55.3 Å². The van der Waals surface area contributed by atoms with Crippen molar-refractivity contribution in [2.45, 2.75) is 56.8 Å². The SMILES string of the molecule is c1ccc(-c2ccc3c(c2)Cc2ccccc2Cc2cc(N(c4ccc(-c5cccc6ccccc56)cc4)c4ccc5c(c4)C4CC6CC(CC(C6)c6ccccc6-5)C4)ccc2-3)cc1. The van der Waals surface area contributed by atoms with Crippen molar-refractivity contribution in [2.75, 3.05) is 4.90 Å². The minimum Gasteiger partial charge on any atom is -0.310 e. The van der Waals surface area contributed by atoms with Crippen LogP contribution in [0.4, 0.5) is 17.1 Å². The standard InChI is InChI=1S/C63H51N/c1-2-11-43(12-3-1)48-23-28-59-51(38-48)36-46-14-4-5-15-47(46)37-52-39-54(26-29-60(52)59)64(53-24-21-45(22-25-53)57-20-10-16-44-13-6-7-17-56(44)57)55-27-30-62-61-19-9-8-18-58(61)49-32-41-31-42(33-49)35-50(34-41)63(62)40-55/h1-30,38-42,49-50H,31-37H2. The Morgan fingerprint density at radius 3 is 1.64 bits per heavy atom. The van der Waals surface area contributed by atoms with Gasteiger partial charge in [-0.15, -0.1) is 0 Å². The highest BCUT2D eigenvalue weighted by atomic mass is 15.1. The van der Waals surface area contributed by atoms with Gasteiger partial charge >= 0.3 is 0 Å². The number of hydrogen-bond donors (Lipinski definition) is 0. The van der Waals surface area contributed by atoms with Gasteiger partial charge in [-0.3, -0.25) is 0 Å². The van der Waals surface area contributed by atoms with Gasteiger partial charge in [0.15, 0.2) is 0 Å². The zero-order chi connectivity index (χ0) is 42.1. The molecule has 0 heterocycles. The van der Waals surface area contributed by atoms with Crippen LogP contribution < -0.4 is 4.90 Å². The summed E-state index contributed by atoms with van der Waals surface area (Å²) in [5.74, 6) is 2.87. The quantitative estimate of drug-likeness (QED) is 0.167. The molecule has 1 nitrogen and oxygen atoms in total. The zero-order valence-electron chi connectivity index (χ0n) is 36.3. The van der Waals surface area contributed by atoms with Crippen LogP contribution in [0.15, 0.2) is 200 Å². The molecule has 2 fully saturated rings. The average molecular weight is 822 g/mol. The fourth-order valence-corrected chi connectivity index (χ4v) is 12.7. The summed E-state index contributed by atoms with van der Waals surface area (Å²) < 4.78 is 0. The summed E-state index contributed by atoms with van der Waals surface area (Å²) in [5.41, 5.74) is 22.9. The first-order valence-corrected chi connectivity index (χ1v) is 23.7. The smallest absolute Gasteiger partial charge is 0.0464 e. The van der Waals surface area contributed by atoms with Gasteiger partial charge in [-0.25, -0.2) is 0 Å². The van der Waals surface area contributed by atoms with Crippen LogP contribution in [-0.2, 0) is 12.8 Å². The molecule has 14 rings (SSSR count). The van der Waals surface area contributed by atoms with E-state index in [0.29, 0.717) is 11.8 Å². The summed E-state index contributed by atoms with van der Waals surface area (Å²) in [6.07, 6.45) is 8.52. The van der Waals surface area contributed by atoms with E-state index in [2.05, 4.69) is 205 Å². The van der Waals surface area contributed by atoms with Crippen LogP contribution in [0.1, 0.15) is 77.3 Å². The molecule has 0 aliphatic heterocycles. The third-order valence-corrected chi connectivity index (χ3v) is 15.5. The van der Waals surface area contributed by atoms with E-state index >= 15 is 0 Å². The molecule has 0 radical (unpaired) electrons. The molecular weight excluding hydrogens is 771 g/mol. The maximum atomic E-state index is 2.60. The van der Waals surface area contributed by atoms with Gasteiger partial charge in [-0.1, -0.05) is 164 Å². The van der Waals surface area contributed by atoms with E-state index in [9.17, 15) is 0 Å². The molecule has 0 aromatic heterocycles.